The summed E-state index contributed by atoms with van der Waals surface area (Å²) < 4.78 is 0. The van der Waals surface area contributed by atoms with Crippen LogP contribution in [0.25, 0.3) is 0 Å². The molecule has 1 rings (SSSR count). The van der Waals surface area contributed by atoms with Crippen molar-refractivity contribution in [3.05, 3.63) is 28.8 Å². The second-order valence-corrected chi connectivity index (χ2v) is 5.66. The third-order valence-electron chi connectivity index (χ3n) is 2.48. The van der Waals surface area contributed by atoms with Crippen LogP contribution in [0.2, 0.25) is 5.02 Å². The fourth-order valence-corrected chi connectivity index (χ4v) is 1.58. The van der Waals surface area contributed by atoms with Gasteiger partial charge in [0.2, 0.25) is 5.71 Å². The summed E-state index contributed by atoms with van der Waals surface area (Å²) in [7, 11) is 0. The molecule has 1 aromatic carbocycles. The number of halogens is 1. The molecule has 0 aliphatic heterocycles. The Kier molecular flexibility index (Phi) is 4.68. The van der Waals surface area contributed by atoms with Crippen molar-refractivity contribution in [3.8, 4) is 6.07 Å². The minimum Gasteiger partial charge on any atom is -0.291 e. The number of hydrogen-bond acceptors (Lipinski definition) is 4. The Labute approximate surface area is 118 Å². The van der Waals surface area contributed by atoms with Crippen LogP contribution < -0.4 is 5.43 Å². The van der Waals surface area contributed by atoms with E-state index in [-0.39, 0.29) is 11.5 Å². The molecule has 1 aromatic rings. The fraction of sp³-hybridized carbons (Fsp3) is 0.357. The molecule has 0 unspecified atom stereocenters. The first-order valence-electron chi connectivity index (χ1n) is 5.80. The van der Waals surface area contributed by atoms with Gasteiger partial charge in [-0.2, -0.15) is 10.4 Å². The van der Waals surface area contributed by atoms with Gasteiger partial charge in [0.25, 0.3) is 0 Å². The lowest BCUT2D eigenvalue weighted by Crippen LogP contribution is -2.28. The Hall–Kier alpha value is -1.86. The number of hydrazone groups is 1. The number of aryl methyl sites for hydroxylation is 1. The molecular weight excluding hydrogens is 262 g/mol. The van der Waals surface area contributed by atoms with E-state index in [4.69, 9.17) is 16.9 Å². The number of hydrogen-bond donors (Lipinski definition) is 1. The van der Waals surface area contributed by atoms with Gasteiger partial charge in [-0.25, -0.2) is 0 Å². The number of nitriles is 1. The quantitative estimate of drug-likeness (QED) is 0.679. The zero-order valence-electron chi connectivity index (χ0n) is 11.4. The summed E-state index contributed by atoms with van der Waals surface area (Å²) in [6, 6.07) is 7.06. The predicted octanol–water partition coefficient (Wildman–Crippen LogP) is 3.56. The van der Waals surface area contributed by atoms with Crippen molar-refractivity contribution in [2.45, 2.75) is 27.7 Å². The van der Waals surface area contributed by atoms with Gasteiger partial charge >= 0.3 is 0 Å². The number of ketones is 1. The highest BCUT2D eigenvalue weighted by molar-refractivity contribution is 6.47. The molecule has 19 heavy (non-hydrogen) atoms. The van der Waals surface area contributed by atoms with Crippen molar-refractivity contribution in [3.63, 3.8) is 0 Å². The largest absolute Gasteiger partial charge is 0.291 e. The second-order valence-electron chi connectivity index (χ2n) is 5.22. The minimum absolute atomic E-state index is 0.137. The maximum atomic E-state index is 11.9. The number of rotatable bonds is 3. The van der Waals surface area contributed by atoms with Crippen LogP contribution in [0.1, 0.15) is 26.3 Å². The van der Waals surface area contributed by atoms with Crippen molar-refractivity contribution >= 4 is 28.8 Å². The summed E-state index contributed by atoms with van der Waals surface area (Å²) in [5, 5.41) is 13.5. The number of benzene rings is 1. The molecule has 0 spiro atoms. The van der Waals surface area contributed by atoms with Crippen LogP contribution in [0, 0.1) is 23.7 Å². The Morgan fingerprint density at radius 3 is 2.53 bits per heavy atom. The normalized spacial score (nSPS) is 11.9. The highest BCUT2D eigenvalue weighted by Gasteiger charge is 2.26. The Morgan fingerprint density at radius 1 is 1.42 bits per heavy atom. The summed E-state index contributed by atoms with van der Waals surface area (Å²) in [5.74, 6) is -0.297. The first kappa shape index (κ1) is 15.2. The topological polar surface area (TPSA) is 65.2 Å². The SMILES string of the molecule is Cc1cc(Cl)ccc1NN=C(C#N)C(=O)C(C)(C)C. The lowest BCUT2D eigenvalue weighted by atomic mass is 9.88. The van der Waals surface area contributed by atoms with Gasteiger partial charge in [0.1, 0.15) is 6.07 Å². The molecule has 0 aromatic heterocycles. The van der Waals surface area contributed by atoms with Gasteiger partial charge in [-0.05, 0) is 30.7 Å². The summed E-state index contributed by atoms with van der Waals surface area (Å²) >= 11 is 5.85. The van der Waals surface area contributed by atoms with Crippen molar-refractivity contribution in [1.29, 1.82) is 5.26 Å². The van der Waals surface area contributed by atoms with E-state index in [0.717, 1.165) is 5.56 Å². The van der Waals surface area contributed by atoms with E-state index >= 15 is 0 Å². The average Bonchev–Trinajstić information content (AvgIpc) is 2.30. The van der Waals surface area contributed by atoms with E-state index < -0.39 is 5.41 Å². The van der Waals surface area contributed by atoms with E-state index in [1.807, 2.05) is 13.0 Å². The third-order valence-corrected chi connectivity index (χ3v) is 2.71. The van der Waals surface area contributed by atoms with Crippen molar-refractivity contribution in [1.82, 2.24) is 0 Å². The lowest BCUT2D eigenvalue weighted by Gasteiger charge is -2.14. The standard InChI is InChI=1S/C14H16ClN3O/c1-9-7-10(15)5-6-11(9)17-18-12(8-16)13(19)14(2,3)4/h5-7,17H,1-4H3. The van der Waals surface area contributed by atoms with Gasteiger partial charge in [-0.1, -0.05) is 32.4 Å². The van der Waals surface area contributed by atoms with Crippen LogP contribution in [0.4, 0.5) is 5.69 Å². The molecule has 1 N–H and O–H groups in total. The molecule has 0 saturated heterocycles. The molecule has 0 radical (unpaired) electrons. The lowest BCUT2D eigenvalue weighted by molar-refractivity contribution is -0.119. The van der Waals surface area contributed by atoms with Crippen LogP contribution in [0.5, 0.6) is 0 Å². The van der Waals surface area contributed by atoms with E-state index in [0.29, 0.717) is 10.7 Å². The van der Waals surface area contributed by atoms with Crippen LogP contribution in [0.15, 0.2) is 23.3 Å². The maximum Gasteiger partial charge on any atom is 0.204 e. The molecule has 0 bridgehead atoms. The predicted molar refractivity (Wildman–Crippen MR) is 77.3 cm³/mol. The smallest absolute Gasteiger partial charge is 0.204 e. The molecule has 0 heterocycles. The third kappa shape index (κ3) is 4.08. The van der Waals surface area contributed by atoms with Crippen LogP contribution in [-0.4, -0.2) is 11.5 Å². The zero-order chi connectivity index (χ0) is 14.6. The molecule has 0 saturated carbocycles. The molecule has 0 amide bonds. The Morgan fingerprint density at radius 2 is 2.05 bits per heavy atom. The Balaban J connectivity index is 2.96. The molecule has 100 valence electrons. The van der Waals surface area contributed by atoms with Crippen LogP contribution >= 0.6 is 11.6 Å². The first-order valence-corrected chi connectivity index (χ1v) is 6.18. The summed E-state index contributed by atoms with van der Waals surface area (Å²) in [5.41, 5.74) is 3.55. The van der Waals surface area contributed by atoms with E-state index in [1.165, 1.54) is 0 Å². The van der Waals surface area contributed by atoms with E-state index in [1.54, 1.807) is 39.0 Å². The molecule has 4 nitrogen and oxygen atoms in total. The van der Waals surface area contributed by atoms with Crippen molar-refractivity contribution in [2.24, 2.45) is 10.5 Å². The van der Waals surface area contributed by atoms with Gasteiger partial charge in [0.15, 0.2) is 5.78 Å². The monoisotopic (exact) mass is 277 g/mol. The van der Waals surface area contributed by atoms with E-state index in [2.05, 4.69) is 10.5 Å². The number of Topliss-reactive ketones (excluding diaryl/α,β-unsaturated/α-hetero) is 1. The van der Waals surface area contributed by atoms with Gasteiger partial charge in [0, 0.05) is 10.4 Å². The van der Waals surface area contributed by atoms with Gasteiger partial charge in [-0.15, -0.1) is 0 Å². The van der Waals surface area contributed by atoms with Gasteiger partial charge < -0.3 is 0 Å². The number of nitrogens with zero attached hydrogens (tertiary/aromatic N) is 2. The molecular formula is C14H16ClN3O. The zero-order valence-corrected chi connectivity index (χ0v) is 12.2. The number of carbonyl (C=O) groups excluding carboxylic acids is 1. The van der Waals surface area contributed by atoms with Crippen LogP contribution in [0.3, 0.4) is 0 Å². The van der Waals surface area contributed by atoms with Gasteiger partial charge in [-0.3, -0.25) is 10.2 Å². The molecule has 0 aliphatic carbocycles. The number of carbonyl (C=O) groups is 1. The molecule has 0 atom stereocenters. The summed E-state index contributed by atoms with van der Waals surface area (Å²) in [6.07, 6.45) is 0. The highest BCUT2D eigenvalue weighted by Crippen LogP contribution is 2.20. The molecule has 0 fully saturated rings. The fourth-order valence-electron chi connectivity index (χ4n) is 1.35. The maximum absolute atomic E-state index is 11.9. The number of nitrogens with one attached hydrogen (secondary N) is 1. The number of anilines is 1. The van der Waals surface area contributed by atoms with Gasteiger partial charge in [0.05, 0.1) is 5.69 Å². The molecule has 0 aliphatic rings. The average molecular weight is 278 g/mol. The van der Waals surface area contributed by atoms with Crippen molar-refractivity contribution < 1.29 is 4.79 Å². The van der Waals surface area contributed by atoms with E-state index in [9.17, 15) is 4.79 Å². The molecule has 5 heteroatoms. The summed E-state index contributed by atoms with van der Waals surface area (Å²) in [6.45, 7) is 7.10. The second kappa shape index (κ2) is 5.85. The van der Waals surface area contributed by atoms with Crippen molar-refractivity contribution in [2.75, 3.05) is 5.43 Å². The van der Waals surface area contributed by atoms with Crippen LogP contribution in [-0.2, 0) is 4.79 Å². The first-order chi connectivity index (χ1) is 8.75. The minimum atomic E-state index is -0.634. The highest BCUT2D eigenvalue weighted by atomic mass is 35.5. The summed E-state index contributed by atoms with van der Waals surface area (Å²) in [4.78, 5) is 11.9. The Bertz CT molecular complexity index is 565.